The summed E-state index contributed by atoms with van der Waals surface area (Å²) in [5.74, 6) is 1.74. The number of hydrogen-bond donors (Lipinski definition) is 1. The van der Waals surface area contributed by atoms with Gasteiger partial charge in [0.1, 0.15) is 5.78 Å². The van der Waals surface area contributed by atoms with Gasteiger partial charge in [-0.1, -0.05) is 45.4 Å². The van der Waals surface area contributed by atoms with Crippen LogP contribution < -0.4 is 5.73 Å². The second kappa shape index (κ2) is 6.26. The van der Waals surface area contributed by atoms with Crippen LogP contribution in [0.15, 0.2) is 0 Å². The van der Waals surface area contributed by atoms with Crippen LogP contribution in [0.2, 0.25) is 0 Å². The van der Waals surface area contributed by atoms with Gasteiger partial charge in [0.2, 0.25) is 0 Å². The lowest BCUT2D eigenvalue weighted by molar-refractivity contribution is -0.118. The van der Waals surface area contributed by atoms with Gasteiger partial charge in [-0.25, -0.2) is 0 Å². The number of rotatable bonds is 7. The van der Waals surface area contributed by atoms with Gasteiger partial charge in [0.25, 0.3) is 0 Å². The third kappa shape index (κ3) is 4.78. The minimum atomic E-state index is -0.233. The van der Waals surface area contributed by atoms with Crippen molar-refractivity contribution >= 4 is 5.78 Å². The molecule has 0 aliphatic heterocycles. The molecular formula is C13H25NO. The average Bonchev–Trinajstić information content (AvgIpc) is 2.09. The third-order valence-corrected chi connectivity index (χ3v) is 3.71. The SMILES string of the molecule is CC(=O)[C@@H](N)C[C@@H](C)CCCC1CCC1. The first kappa shape index (κ1) is 12.7. The lowest BCUT2D eigenvalue weighted by Gasteiger charge is -2.25. The molecule has 1 rings (SSSR count). The van der Waals surface area contributed by atoms with Crippen molar-refractivity contribution in [3.05, 3.63) is 0 Å². The minimum Gasteiger partial charge on any atom is -0.322 e. The highest BCUT2D eigenvalue weighted by molar-refractivity contribution is 5.81. The van der Waals surface area contributed by atoms with E-state index in [4.69, 9.17) is 5.73 Å². The molecule has 15 heavy (non-hydrogen) atoms. The maximum absolute atomic E-state index is 11.0. The van der Waals surface area contributed by atoms with Gasteiger partial charge in [-0.2, -0.15) is 0 Å². The molecule has 2 atom stereocenters. The van der Waals surface area contributed by atoms with Crippen molar-refractivity contribution in [2.24, 2.45) is 17.6 Å². The van der Waals surface area contributed by atoms with E-state index in [1.165, 1.54) is 38.5 Å². The maximum Gasteiger partial charge on any atom is 0.146 e. The van der Waals surface area contributed by atoms with Crippen molar-refractivity contribution < 1.29 is 4.79 Å². The van der Waals surface area contributed by atoms with Crippen LogP contribution in [0, 0.1) is 11.8 Å². The van der Waals surface area contributed by atoms with E-state index < -0.39 is 0 Å². The Morgan fingerprint density at radius 3 is 2.60 bits per heavy atom. The molecule has 0 heterocycles. The molecule has 1 aliphatic carbocycles. The quantitative estimate of drug-likeness (QED) is 0.703. The summed E-state index contributed by atoms with van der Waals surface area (Å²) in [5, 5.41) is 0. The minimum absolute atomic E-state index is 0.126. The van der Waals surface area contributed by atoms with Crippen LogP contribution in [0.3, 0.4) is 0 Å². The smallest absolute Gasteiger partial charge is 0.146 e. The van der Waals surface area contributed by atoms with Gasteiger partial charge in [-0.15, -0.1) is 0 Å². The molecule has 0 radical (unpaired) electrons. The van der Waals surface area contributed by atoms with E-state index in [0.29, 0.717) is 5.92 Å². The fourth-order valence-corrected chi connectivity index (χ4v) is 2.25. The molecule has 0 aromatic rings. The van der Waals surface area contributed by atoms with Crippen LogP contribution in [0.5, 0.6) is 0 Å². The second-order valence-corrected chi connectivity index (χ2v) is 5.29. The van der Waals surface area contributed by atoms with Crippen LogP contribution >= 0.6 is 0 Å². The van der Waals surface area contributed by atoms with E-state index in [0.717, 1.165) is 12.3 Å². The van der Waals surface area contributed by atoms with E-state index in [2.05, 4.69) is 6.92 Å². The largest absolute Gasteiger partial charge is 0.322 e. The van der Waals surface area contributed by atoms with Crippen LogP contribution in [-0.2, 0) is 4.79 Å². The molecule has 2 heteroatoms. The Labute approximate surface area is 93.6 Å². The third-order valence-electron chi connectivity index (χ3n) is 3.71. The van der Waals surface area contributed by atoms with Gasteiger partial charge in [0.15, 0.2) is 0 Å². The summed E-state index contributed by atoms with van der Waals surface area (Å²) >= 11 is 0. The monoisotopic (exact) mass is 211 g/mol. The first-order valence-electron chi connectivity index (χ1n) is 6.35. The molecule has 1 fully saturated rings. The second-order valence-electron chi connectivity index (χ2n) is 5.29. The Bertz CT molecular complexity index is 199. The summed E-state index contributed by atoms with van der Waals surface area (Å²) in [6, 6.07) is -0.233. The number of ketones is 1. The Kier molecular flexibility index (Phi) is 5.30. The van der Waals surface area contributed by atoms with E-state index in [1.807, 2.05) is 0 Å². The van der Waals surface area contributed by atoms with E-state index >= 15 is 0 Å². The topological polar surface area (TPSA) is 43.1 Å². The molecular weight excluding hydrogens is 186 g/mol. The molecule has 2 nitrogen and oxygen atoms in total. The zero-order valence-corrected chi connectivity index (χ0v) is 10.2. The van der Waals surface area contributed by atoms with Crippen molar-refractivity contribution in [2.45, 2.75) is 64.8 Å². The first-order valence-corrected chi connectivity index (χ1v) is 6.35. The van der Waals surface area contributed by atoms with Gasteiger partial charge in [0, 0.05) is 0 Å². The summed E-state index contributed by atoms with van der Waals surface area (Å²) < 4.78 is 0. The number of carbonyl (C=O) groups is 1. The molecule has 0 aromatic carbocycles. The summed E-state index contributed by atoms with van der Waals surface area (Å²) in [4.78, 5) is 11.0. The molecule has 0 saturated heterocycles. The fraction of sp³-hybridized carbons (Fsp3) is 0.923. The van der Waals surface area contributed by atoms with E-state index in [9.17, 15) is 4.79 Å². The lowest BCUT2D eigenvalue weighted by Crippen LogP contribution is -2.30. The number of hydrogen-bond acceptors (Lipinski definition) is 2. The van der Waals surface area contributed by atoms with Crippen molar-refractivity contribution in [2.75, 3.05) is 0 Å². The summed E-state index contributed by atoms with van der Waals surface area (Å²) in [5.41, 5.74) is 5.74. The average molecular weight is 211 g/mol. The van der Waals surface area contributed by atoms with Crippen LogP contribution in [0.25, 0.3) is 0 Å². The van der Waals surface area contributed by atoms with E-state index in [-0.39, 0.29) is 11.8 Å². The zero-order chi connectivity index (χ0) is 11.3. The van der Waals surface area contributed by atoms with Crippen molar-refractivity contribution in [1.29, 1.82) is 0 Å². The molecule has 1 aliphatic rings. The van der Waals surface area contributed by atoms with Crippen molar-refractivity contribution in [1.82, 2.24) is 0 Å². The van der Waals surface area contributed by atoms with Gasteiger partial charge in [-0.05, 0) is 25.2 Å². The highest BCUT2D eigenvalue weighted by Gasteiger charge is 2.18. The summed E-state index contributed by atoms with van der Waals surface area (Å²) in [6.45, 7) is 3.80. The molecule has 2 N–H and O–H groups in total. The van der Waals surface area contributed by atoms with Gasteiger partial charge >= 0.3 is 0 Å². The maximum atomic E-state index is 11.0. The highest BCUT2D eigenvalue weighted by Crippen LogP contribution is 2.31. The Hall–Kier alpha value is -0.370. The van der Waals surface area contributed by atoms with E-state index in [1.54, 1.807) is 6.92 Å². The summed E-state index contributed by atoms with van der Waals surface area (Å²) in [6.07, 6.45) is 9.13. The highest BCUT2D eigenvalue weighted by atomic mass is 16.1. The fourth-order valence-electron chi connectivity index (χ4n) is 2.25. The number of nitrogens with two attached hydrogens (primary N) is 1. The van der Waals surface area contributed by atoms with Crippen LogP contribution in [0.1, 0.15) is 58.8 Å². The lowest BCUT2D eigenvalue weighted by atomic mass is 9.81. The first-order chi connectivity index (χ1) is 7.09. The molecule has 0 aromatic heterocycles. The molecule has 88 valence electrons. The predicted molar refractivity (Wildman–Crippen MR) is 63.6 cm³/mol. The molecule has 1 saturated carbocycles. The van der Waals surface area contributed by atoms with Crippen molar-refractivity contribution in [3.8, 4) is 0 Å². The molecule has 0 amide bonds. The zero-order valence-electron chi connectivity index (χ0n) is 10.2. The number of carbonyl (C=O) groups excluding carboxylic acids is 1. The Balaban J connectivity index is 2.01. The molecule has 0 spiro atoms. The van der Waals surface area contributed by atoms with Gasteiger partial charge in [0.05, 0.1) is 6.04 Å². The summed E-state index contributed by atoms with van der Waals surface area (Å²) in [7, 11) is 0. The predicted octanol–water partition coefficient (Wildman–Crippen LogP) is 2.90. The van der Waals surface area contributed by atoms with Gasteiger partial charge < -0.3 is 5.73 Å². The van der Waals surface area contributed by atoms with Gasteiger partial charge in [-0.3, -0.25) is 4.79 Å². The van der Waals surface area contributed by atoms with Crippen LogP contribution in [-0.4, -0.2) is 11.8 Å². The normalized spacial score (nSPS) is 20.7. The standard InChI is InChI=1S/C13H25NO/c1-10(9-13(14)11(2)15)5-3-6-12-7-4-8-12/h10,12-13H,3-9,14H2,1-2H3/t10-,13-/m0/s1. The molecule has 0 unspecified atom stereocenters. The molecule has 0 bridgehead atoms. The van der Waals surface area contributed by atoms with Crippen molar-refractivity contribution in [3.63, 3.8) is 0 Å². The Morgan fingerprint density at radius 1 is 1.47 bits per heavy atom. The van der Waals surface area contributed by atoms with Crippen LogP contribution in [0.4, 0.5) is 0 Å². The Morgan fingerprint density at radius 2 is 2.13 bits per heavy atom. The number of Topliss-reactive ketones (excluding diaryl/α,β-unsaturated/α-hetero) is 1.